The zero-order chi connectivity index (χ0) is 19.1. The molecule has 0 atom stereocenters. The molecule has 28 heavy (non-hydrogen) atoms. The molecule has 0 spiro atoms. The highest BCUT2D eigenvalue weighted by atomic mass is 16.5. The monoisotopic (exact) mass is 376 g/mol. The average Bonchev–Trinajstić information content (AvgIpc) is 3.13. The van der Waals surface area contributed by atoms with Gasteiger partial charge in [-0.05, 0) is 48.9 Å². The molecular weight excluding hydrogens is 352 g/mol. The summed E-state index contributed by atoms with van der Waals surface area (Å²) in [4.78, 5) is 21.5. The summed E-state index contributed by atoms with van der Waals surface area (Å²) in [7, 11) is 2.05. The number of likely N-dealkylation sites (tertiary alicyclic amines) is 1. The second kappa shape index (κ2) is 6.86. The molecule has 1 fully saturated rings. The van der Waals surface area contributed by atoms with E-state index in [9.17, 15) is 4.79 Å². The Bertz CT molecular complexity index is 1040. The first-order valence-corrected chi connectivity index (χ1v) is 9.95. The number of piperidine rings is 1. The quantitative estimate of drug-likeness (QED) is 0.684. The van der Waals surface area contributed by atoms with E-state index in [4.69, 9.17) is 4.74 Å². The number of amides is 1. The standard InChI is InChI=1S/C22H24N4O2/c1-24-10-7-16-5-6-18(14-19(16)24)26-11-12-28-20-13-17(15-23-21(20)26)22(27)25-8-3-2-4-9-25/h5-7,10,13-15H,2-4,8-9,11-12H2,1H3. The molecule has 2 aromatic heterocycles. The van der Waals surface area contributed by atoms with E-state index < -0.39 is 0 Å². The van der Waals surface area contributed by atoms with Crippen LogP contribution in [0.5, 0.6) is 5.75 Å². The Morgan fingerprint density at radius 1 is 1.07 bits per heavy atom. The molecule has 2 aliphatic heterocycles. The molecule has 2 aliphatic rings. The van der Waals surface area contributed by atoms with Crippen LogP contribution in [0.3, 0.4) is 0 Å². The highest BCUT2D eigenvalue weighted by Crippen LogP contribution is 2.36. The van der Waals surface area contributed by atoms with E-state index in [0.717, 1.165) is 44.0 Å². The minimum absolute atomic E-state index is 0.0564. The Hall–Kier alpha value is -3.02. The van der Waals surface area contributed by atoms with E-state index >= 15 is 0 Å². The van der Waals surface area contributed by atoms with Crippen molar-refractivity contribution in [1.29, 1.82) is 0 Å². The van der Waals surface area contributed by atoms with Crippen molar-refractivity contribution in [3.63, 3.8) is 0 Å². The first-order valence-electron chi connectivity index (χ1n) is 9.95. The minimum atomic E-state index is 0.0564. The van der Waals surface area contributed by atoms with Crippen LogP contribution in [0, 0.1) is 0 Å². The third-order valence-electron chi connectivity index (χ3n) is 5.73. The van der Waals surface area contributed by atoms with Gasteiger partial charge in [0.25, 0.3) is 5.91 Å². The van der Waals surface area contributed by atoms with Gasteiger partial charge in [-0.1, -0.05) is 6.07 Å². The lowest BCUT2D eigenvalue weighted by atomic mass is 10.1. The first-order chi connectivity index (χ1) is 13.7. The number of aromatic nitrogens is 2. The topological polar surface area (TPSA) is 50.6 Å². The second-order valence-corrected chi connectivity index (χ2v) is 7.57. The molecule has 6 heteroatoms. The molecule has 144 valence electrons. The van der Waals surface area contributed by atoms with Crippen LogP contribution in [-0.4, -0.2) is 46.6 Å². The van der Waals surface area contributed by atoms with Crippen molar-refractivity contribution in [2.45, 2.75) is 19.3 Å². The van der Waals surface area contributed by atoms with Crippen molar-refractivity contribution in [2.24, 2.45) is 7.05 Å². The first kappa shape index (κ1) is 17.1. The molecule has 1 amide bonds. The number of aryl methyl sites for hydroxylation is 1. The van der Waals surface area contributed by atoms with Gasteiger partial charge < -0.3 is 19.1 Å². The molecule has 1 aromatic carbocycles. The summed E-state index contributed by atoms with van der Waals surface area (Å²) >= 11 is 0. The smallest absolute Gasteiger partial charge is 0.255 e. The number of ether oxygens (including phenoxy) is 1. The van der Waals surface area contributed by atoms with E-state index in [1.54, 1.807) is 6.20 Å². The minimum Gasteiger partial charge on any atom is -0.488 e. The zero-order valence-corrected chi connectivity index (χ0v) is 16.1. The third-order valence-corrected chi connectivity index (χ3v) is 5.73. The molecule has 1 saturated heterocycles. The lowest BCUT2D eigenvalue weighted by Crippen LogP contribution is -2.36. The average molecular weight is 376 g/mol. The Kier molecular flexibility index (Phi) is 4.19. The van der Waals surface area contributed by atoms with Crippen LogP contribution < -0.4 is 9.64 Å². The predicted molar refractivity (Wildman–Crippen MR) is 109 cm³/mol. The van der Waals surface area contributed by atoms with Crippen molar-refractivity contribution in [3.05, 3.63) is 48.3 Å². The summed E-state index contributed by atoms with van der Waals surface area (Å²) in [6, 6.07) is 10.4. The number of pyridine rings is 1. The fourth-order valence-electron chi connectivity index (χ4n) is 4.17. The highest BCUT2D eigenvalue weighted by Gasteiger charge is 2.25. The van der Waals surface area contributed by atoms with Crippen LogP contribution in [-0.2, 0) is 7.05 Å². The van der Waals surface area contributed by atoms with E-state index in [-0.39, 0.29) is 5.91 Å². The Labute approximate surface area is 164 Å². The van der Waals surface area contributed by atoms with Crippen molar-refractivity contribution >= 4 is 28.3 Å². The molecule has 4 heterocycles. The summed E-state index contributed by atoms with van der Waals surface area (Å²) in [5.41, 5.74) is 2.88. The van der Waals surface area contributed by atoms with Crippen LogP contribution in [0.1, 0.15) is 29.6 Å². The van der Waals surface area contributed by atoms with E-state index in [2.05, 4.69) is 52.0 Å². The maximum absolute atomic E-state index is 12.8. The van der Waals surface area contributed by atoms with Crippen LogP contribution in [0.4, 0.5) is 11.5 Å². The summed E-state index contributed by atoms with van der Waals surface area (Å²) in [6.07, 6.45) is 7.12. The molecule has 0 bridgehead atoms. The molecule has 3 aromatic rings. The molecule has 0 aliphatic carbocycles. The number of hydrogen-bond donors (Lipinski definition) is 0. The fourth-order valence-corrected chi connectivity index (χ4v) is 4.17. The number of nitrogens with zero attached hydrogens (tertiary/aromatic N) is 4. The molecule has 0 unspecified atom stereocenters. The van der Waals surface area contributed by atoms with Crippen molar-refractivity contribution in [3.8, 4) is 5.75 Å². The Balaban J connectivity index is 1.47. The van der Waals surface area contributed by atoms with Gasteiger partial charge in [-0.25, -0.2) is 4.98 Å². The molecule has 0 saturated carbocycles. The second-order valence-electron chi connectivity index (χ2n) is 7.57. The Morgan fingerprint density at radius 2 is 1.93 bits per heavy atom. The van der Waals surface area contributed by atoms with E-state index in [1.165, 1.54) is 17.3 Å². The number of fused-ring (bicyclic) bond motifs is 2. The highest BCUT2D eigenvalue weighted by molar-refractivity contribution is 5.95. The summed E-state index contributed by atoms with van der Waals surface area (Å²) in [5.74, 6) is 1.51. The molecular formula is C22H24N4O2. The van der Waals surface area contributed by atoms with E-state index in [1.807, 2.05) is 11.0 Å². The lowest BCUT2D eigenvalue weighted by Gasteiger charge is -2.31. The fraction of sp³-hybridized carbons (Fsp3) is 0.364. The number of anilines is 2. The zero-order valence-electron chi connectivity index (χ0n) is 16.1. The lowest BCUT2D eigenvalue weighted by molar-refractivity contribution is 0.0723. The van der Waals surface area contributed by atoms with Gasteiger partial charge in [-0.15, -0.1) is 0 Å². The number of benzene rings is 1. The molecule has 5 rings (SSSR count). The third kappa shape index (κ3) is 2.89. The van der Waals surface area contributed by atoms with Gasteiger partial charge in [0, 0.05) is 43.7 Å². The number of carbonyl (C=O) groups excluding carboxylic acids is 1. The normalized spacial score (nSPS) is 16.8. The van der Waals surface area contributed by atoms with Crippen LogP contribution >= 0.6 is 0 Å². The molecule has 0 radical (unpaired) electrons. The predicted octanol–water partition coefficient (Wildman–Crippen LogP) is 3.73. The van der Waals surface area contributed by atoms with E-state index in [0.29, 0.717) is 17.9 Å². The SMILES string of the molecule is Cn1ccc2ccc(N3CCOc4cc(C(=O)N5CCCCC5)cnc43)cc21. The summed E-state index contributed by atoms with van der Waals surface area (Å²) < 4.78 is 7.99. The van der Waals surface area contributed by atoms with Gasteiger partial charge >= 0.3 is 0 Å². The maximum atomic E-state index is 12.8. The van der Waals surface area contributed by atoms with Crippen LogP contribution in [0.15, 0.2) is 42.7 Å². The summed E-state index contributed by atoms with van der Waals surface area (Å²) in [5, 5.41) is 1.22. The van der Waals surface area contributed by atoms with Gasteiger partial charge in [-0.2, -0.15) is 0 Å². The molecule has 0 N–H and O–H groups in total. The van der Waals surface area contributed by atoms with Crippen molar-refractivity contribution in [1.82, 2.24) is 14.5 Å². The Morgan fingerprint density at radius 3 is 2.79 bits per heavy atom. The van der Waals surface area contributed by atoms with Gasteiger partial charge in [0.1, 0.15) is 6.61 Å². The van der Waals surface area contributed by atoms with Crippen LogP contribution in [0.2, 0.25) is 0 Å². The van der Waals surface area contributed by atoms with Crippen molar-refractivity contribution in [2.75, 3.05) is 31.1 Å². The molecule has 6 nitrogen and oxygen atoms in total. The number of carbonyl (C=O) groups is 1. The van der Waals surface area contributed by atoms with Gasteiger partial charge in [-0.3, -0.25) is 4.79 Å². The number of hydrogen-bond acceptors (Lipinski definition) is 4. The maximum Gasteiger partial charge on any atom is 0.255 e. The largest absolute Gasteiger partial charge is 0.488 e. The van der Waals surface area contributed by atoms with Gasteiger partial charge in [0.15, 0.2) is 11.6 Å². The van der Waals surface area contributed by atoms with Crippen LogP contribution in [0.25, 0.3) is 10.9 Å². The number of rotatable bonds is 2. The summed E-state index contributed by atoms with van der Waals surface area (Å²) in [6.45, 7) is 2.97. The van der Waals surface area contributed by atoms with Crippen molar-refractivity contribution < 1.29 is 9.53 Å². The van der Waals surface area contributed by atoms with Gasteiger partial charge in [0.05, 0.1) is 12.1 Å². The van der Waals surface area contributed by atoms with Gasteiger partial charge in [0.2, 0.25) is 0 Å².